The molecule has 0 aliphatic heterocycles. The smallest absolute Gasteiger partial charge is 0 e. The van der Waals surface area contributed by atoms with Gasteiger partial charge in [0.25, 0.3) is 0 Å². The summed E-state index contributed by atoms with van der Waals surface area (Å²) in [4.78, 5) is 0. The zero-order valence-corrected chi connectivity index (χ0v) is 11.1. The largest absolute Gasteiger partial charge is 0.412 e. The van der Waals surface area contributed by atoms with Crippen LogP contribution in [0.15, 0.2) is 36.5 Å². The van der Waals surface area contributed by atoms with Crippen molar-refractivity contribution in [1.29, 1.82) is 0 Å². The van der Waals surface area contributed by atoms with Gasteiger partial charge in [0, 0.05) is 21.7 Å². The summed E-state index contributed by atoms with van der Waals surface area (Å²) in [6, 6.07) is 0. The minimum atomic E-state index is 0. The van der Waals surface area contributed by atoms with Crippen LogP contribution in [0, 0.1) is 0 Å². The van der Waals surface area contributed by atoms with Gasteiger partial charge in [0.15, 0.2) is 0 Å². The monoisotopic (exact) mass is 256 g/mol. The minimum absolute atomic E-state index is 0. The number of hydrogen-bond acceptors (Lipinski definition) is 0. The molecule has 8 N–H and O–H groups in total. The third-order valence-electron chi connectivity index (χ3n) is 1.10. The molecule has 0 unspecified atom stereocenters. The van der Waals surface area contributed by atoms with Gasteiger partial charge in [-0.2, -0.15) is 0 Å². The molecule has 0 radical (unpaired) electrons. The topological polar surface area (TPSA) is 126 Å². The Bertz CT molecular complexity index is 160. The molecule has 0 aromatic rings. The van der Waals surface area contributed by atoms with Gasteiger partial charge in [0.05, 0.1) is 0 Å². The molecule has 92 valence electrons. The molecule has 0 atom stereocenters. The first-order valence-electron chi connectivity index (χ1n) is 3.47. The van der Waals surface area contributed by atoms with Crippen LogP contribution in [0.3, 0.4) is 0 Å². The molecular formula is C10H24O4Ti. The van der Waals surface area contributed by atoms with Crippen molar-refractivity contribution in [2.45, 2.75) is 26.7 Å². The Hall–Kier alpha value is -0.226. The average Bonchev–Trinajstić information content (AvgIpc) is 1.58. The van der Waals surface area contributed by atoms with Gasteiger partial charge in [0.1, 0.15) is 0 Å². The van der Waals surface area contributed by atoms with E-state index in [2.05, 4.69) is 19.7 Å². The second kappa shape index (κ2) is 19.4. The van der Waals surface area contributed by atoms with E-state index in [1.165, 1.54) is 16.7 Å². The van der Waals surface area contributed by atoms with Crippen LogP contribution in [0.25, 0.3) is 0 Å². The molecule has 0 rings (SSSR count). The summed E-state index contributed by atoms with van der Waals surface area (Å²) >= 11 is 0. The van der Waals surface area contributed by atoms with Crippen molar-refractivity contribution in [3.63, 3.8) is 0 Å². The van der Waals surface area contributed by atoms with Crippen molar-refractivity contribution in [3.8, 4) is 0 Å². The van der Waals surface area contributed by atoms with Gasteiger partial charge >= 0.3 is 0 Å². The van der Waals surface area contributed by atoms with E-state index in [9.17, 15) is 0 Å². The number of allylic oxidation sites excluding steroid dienone is 3. The molecule has 0 amide bonds. The van der Waals surface area contributed by atoms with E-state index in [1.54, 1.807) is 0 Å². The van der Waals surface area contributed by atoms with Crippen molar-refractivity contribution in [3.05, 3.63) is 36.5 Å². The third-order valence-corrected chi connectivity index (χ3v) is 1.10. The molecule has 0 saturated heterocycles. The first kappa shape index (κ1) is 36.4. The summed E-state index contributed by atoms with van der Waals surface area (Å²) < 4.78 is 0. The molecule has 0 heterocycles. The molecular weight excluding hydrogens is 232 g/mol. The molecule has 0 bridgehead atoms. The molecule has 5 heteroatoms. The van der Waals surface area contributed by atoms with Gasteiger partial charge in [0.2, 0.25) is 0 Å². The summed E-state index contributed by atoms with van der Waals surface area (Å²) in [7, 11) is 0. The fourth-order valence-electron chi connectivity index (χ4n) is 0.916. The van der Waals surface area contributed by atoms with Crippen LogP contribution in [-0.4, -0.2) is 21.9 Å². The zero-order chi connectivity index (χ0) is 8.15. The predicted molar refractivity (Wildman–Crippen MR) is 62.5 cm³/mol. The van der Waals surface area contributed by atoms with E-state index in [4.69, 9.17) is 0 Å². The van der Waals surface area contributed by atoms with Gasteiger partial charge in [-0.15, -0.1) is 0 Å². The Morgan fingerprint density at radius 2 is 0.933 bits per heavy atom. The van der Waals surface area contributed by atoms with E-state index in [0.717, 1.165) is 12.8 Å². The average molecular weight is 256 g/mol. The van der Waals surface area contributed by atoms with E-state index in [-0.39, 0.29) is 43.6 Å². The van der Waals surface area contributed by atoms with Crippen molar-refractivity contribution >= 4 is 0 Å². The molecule has 15 heavy (non-hydrogen) atoms. The Morgan fingerprint density at radius 3 is 1.07 bits per heavy atom. The summed E-state index contributed by atoms with van der Waals surface area (Å²) in [6.45, 7) is 15.6. The van der Waals surface area contributed by atoms with Gasteiger partial charge < -0.3 is 21.9 Å². The fourth-order valence-corrected chi connectivity index (χ4v) is 0.916. The van der Waals surface area contributed by atoms with Crippen LogP contribution in [0.5, 0.6) is 0 Å². The maximum atomic E-state index is 3.91. The first-order chi connectivity index (χ1) is 4.52. The Balaban J connectivity index is -0.0000000405. The molecule has 0 aromatic carbocycles. The second-order valence-corrected chi connectivity index (χ2v) is 3.02. The predicted octanol–water partition coefficient (Wildman–Crippen LogP) is 0.174. The van der Waals surface area contributed by atoms with Crippen LogP contribution in [-0.2, 0) is 21.7 Å². The quantitative estimate of drug-likeness (QED) is 0.502. The SMILES string of the molecule is C=C(C)CC(=C)CC(=C)C.O.O.O.O.[Ti]. The van der Waals surface area contributed by atoms with Crippen LogP contribution in [0.4, 0.5) is 0 Å². The molecule has 0 fully saturated rings. The van der Waals surface area contributed by atoms with Crippen molar-refractivity contribution in [2.24, 2.45) is 0 Å². The molecule has 0 aliphatic rings. The third kappa shape index (κ3) is 31.6. The minimum Gasteiger partial charge on any atom is -0.412 e. The van der Waals surface area contributed by atoms with Crippen LogP contribution < -0.4 is 0 Å². The Labute approximate surface area is 107 Å². The standard InChI is InChI=1S/C10H16.4H2O.Ti/c1-8(2)6-10(5)7-9(3)4;;;;;/h1,3,5-7H2,2,4H3;4*1H2;. The van der Waals surface area contributed by atoms with Crippen LogP contribution in [0.2, 0.25) is 0 Å². The maximum Gasteiger partial charge on any atom is 0 e. The van der Waals surface area contributed by atoms with Crippen molar-refractivity contribution < 1.29 is 43.6 Å². The fraction of sp³-hybridized carbons (Fsp3) is 0.400. The molecule has 0 saturated carbocycles. The van der Waals surface area contributed by atoms with Crippen molar-refractivity contribution in [2.75, 3.05) is 0 Å². The zero-order valence-electron chi connectivity index (χ0n) is 9.54. The normalized spacial score (nSPS) is 6.00. The maximum absolute atomic E-state index is 3.91. The summed E-state index contributed by atoms with van der Waals surface area (Å²) in [5, 5.41) is 0. The van der Waals surface area contributed by atoms with E-state index in [1.807, 2.05) is 13.8 Å². The van der Waals surface area contributed by atoms with Gasteiger partial charge in [-0.05, 0) is 26.7 Å². The molecule has 0 aliphatic carbocycles. The Kier molecular flexibility index (Phi) is 47.0. The molecule has 0 aromatic heterocycles. The van der Waals surface area contributed by atoms with E-state index in [0.29, 0.717) is 0 Å². The van der Waals surface area contributed by atoms with Gasteiger partial charge in [-0.25, -0.2) is 0 Å². The molecule has 0 spiro atoms. The first-order valence-corrected chi connectivity index (χ1v) is 3.47. The molecule has 4 nitrogen and oxygen atoms in total. The van der Waals surface area contributed by atoms with Gasteiger partial charge in [-0.3, -0.25) is 0 Å². The summed E-state index contributed by atoms with van der Waals surface area (Å²) in [6.07, 6.45) is 1.87. The van der Waals surface area contributed by atoms with Crippen LogP contribution in [0.1, 0.15) is 26.7 Å². The Morgan fingerprint density at radius 1 is 0.733 bits per heavy atom. The van der Waals surface area contributed by atoms with Crippen LogP contribution >= 0.6 is 0 Å². The number of hydrogen-bond donors (Lipinski definition) is 0. The second-order valence-electron chi connectivity index (χ2n) is 3.02. The van der Waals surface area contributed by atoms with E-state index >= 15 is 0 Å². The van der Waals surface area contributed by atoms with E-state index < -0.39 is 0 Å². The summed E-state index contributed by atoms with van der Waals surface area (Å²) in [5.41, 5.74) is 3.55. The van der Waals surface area contributed by atoms with Gasteiger partial charge in [-0.1, -0.05) is 36.5 Å². The number of rotatable bonds is 4. The van der Waals surface area contributed by atoms with Crippen molar-refractivity contribution in [1.82, 2.24) is 0 Å². The summed E-state index contributed by atoms with van der Waals surface area (Å²) in [5.74, 6) is 0.